The van der Waals surface area contributed by atoms with Crippen molar-refractivity contribution < 1.29 is 13.5 Å². The van der Waals surface area contributed by atoms with Crippen molar-refractivity contribution in [3.05, 3.63) is 95.9 Å². The first-order valence-electron chi connectivity index (χ1n) is 10.8. The van der Waals surface area contributed by atoms with Gasteiger partial charge in [0.25, 0.3) is 0 Å². The molecule has 0 aliphatic rings. The van der Waals surface area contributed by atoms with Crippen molar-refractivity contribution >= 4 is 22.3 Å². The zero-order chi connectivity index (χ0) is 24.5. The van der Waals surface area contributed by atoms with Crippen LogP contribution >= 0.6 is 0 Å². The lowest BCUT2D eigenvalue weighted by Crippen LogP contribution is -2.19. The van der Waals surface area contributed by atoms with Crippen molar-refractivity contribution in [1.82, 2.24) is 19.7 Å². The van der Waals surface area contributed by atoms with E-state index in [4.69, 9.17) is 15.5 Å². The Morgan fingerprint density at radius 3 is 2.57 bits per heavy atom. The van der Waals surface area contributed by atoms with E-state index in [0.29, 0.717) is 23.2 Å². The van der Waals surface area contributed by atoms with E-state index in [9.17, 15) is 4.39 Å². The molecule has 0 radical (unpaired) electrons. The van der Waals surface area contributed by atoms with Gasteiger partial charge in [-0.15, -0.1) is 0 Å². The van der Waals surface area contributed by atoms with Crippen LogP contribution in [0.15, 0.2) is 72.9 Å². The number of ether oxygens (including phenoxy) is 1. The van der Waals surface area contributed by atoms with Crippen LogP contribution in [-0.2, 0) is 7.05 Å². The van der Waals surface area contributed by atoms with E-state index in [-0.39, 0.29) is 11.3 Å². The van der Waals surface area contributed by atoms with Gasteiger partial charge in [0.2, 0.25) is 0 Å². The minimum absolute atomic E-state index is 0.0731. The summed E-state index contributed by atoms with van der Waals surface area (Å²) in [5, 5.41) is 9.53. The number of aryl methyl sites for hydroxylation is 1. The predicted molar refractivity (Wildman–Crippen MR) is 131 cm³/mol. The smallest absolute Gasteiger partial charge is 0.181 e. The van der Waals surface area contributed by atoms with Gasteiger partial charge in [0, 0.05) is 41.5 Å². The van der Waals surface area contributed by atoms with Gasteiger partial charge in [-0.2, -0.15) is 5.10 Å². The highest BCUT2D eigenvalue weighted by Gasteiger charge is 2.26. The maximum atomic E-state index is 15.2. The Hall–Kier alpha value is -4.53. The van der Waals surface area contributed by atoms with Crippen LogP contribution in [0.2, 0.25) is 0 Å². The van der Waals surface area contributed by atoms with Crippen molar-refractivity contribution in [2.24, 2.45) is 7.05 Å². The van der Waals surface area contributed by atoms with Crippen LogP contribution in [0, 0.1) is 11.6 Å². The molecular weight excluding hydrogens is 450 g/mol. The van der Waals surface area contributed by atoms with Crippen LogP contribution in [-0.4, -0.2) is 26.9 Å². The van der Waals surface area contributed by atoms with E-state index >= 15 is 4.39 Å². The number of aromatic nitrogens is 4. The fraction of sp³-hybridized carbons (Fsp3) is 0.115. The van der Waals surface area contributed by atoms with Gasteiger partial charge in [-0.1, -0.05) is 30.3 Å². The summed E-state index contributed by atoms with van der Waals surface area (Å²) < 4.78 is 36.1. The molecule has 2 aromatic heterocycles. The molecule has 0 bridgehead atoms. The van der Waals surface area contributed by atoms with E-state index < -0.39 is 17.7 Å². The van der Waals surface area contributed by atoms with E-state index in [2.05, 4.69) is 15.4 Å². The number of hydrogen-bond donors (Lipinski definition) is 2. The number of rotatable bonds is 6. The van der Waals surface area contributed by atoms with E-state index in [1.54, 1.807) is 17.9 Å². The molecule has 0 aliphatic carbocycles. The topological polar surface area (TPSA) is 90.9 Å². The molecule has 0 saturated carbocycles. The molecule has 1 atom stereocenters. The third kappa shape index (κ3) is 4.23. The zero-order valence-electron chi connectivity index (χ0n) is 19.0. The zero-order valence-corrected chi connectivity index (χ0v) is 19.0. The Bertz CT molecular complexity index is 1520. The van der Waals surface area contributed by atoms with Gasteiger partial charge in [-0.25, -0.2) is 18.7 Å². The highest BCUT2D eigenvalue weighted by molar-refractivity contribution is 5.92. The van der Waals surface area contributed by atoms with Crippen LogP contribution < -0.4 is 15.8 Å². The standard InChI is InChI=1S/C26H22F2N6O/c1-34-26(32-25(33-34)15-6-4-3-5-7-15)23(19-13-22(35-2)21(28)14-20(19)27)31-17-8-9-18-16(12-17)10-11-30-24(18)29/h3-14,23,31H,1-2H3,(H2,29,30). The molecule has 35 heavy (non-hydrogen) atoms. The summed E-state index contributed by atoms with van der Waals surface area (Å²) in [4.78, 5) is 8.82. The third-order valence-electron chi connectivity index (χ3n) is 5.78. The van der Waals surface area contributed by atoms with E-state index in [0.717, 1.165) is 22.4 Å². The summed E-state index contributed by atoms with van der Waals surface area (Å²) >= 11 is 0. The fourth-order valence-corrected chi connectivity index (χ4v) is 4.02. The number of methoxy groups -OCH3 is 1. The second-order valence-corrected chi connectivity index (χ2v) is 8.00. The van der Waals surface area contributed by atoms with Crippen molar-refractivity contribution in [2.45, 2.75) is 6.04 Å². The summed E-state index contributed by atoms with van der Waals surface area (Å²) in [5.74, 6) is -0.257. The summed E-state index contributed by atoms with van der Waals surface area (Å²) in [5.41, 5.74) is 7.64. The molecule has 0 spiro atoms. The lowest BCUT2D eigenvalue weighted by atomic mass is 10.0. The van der Waals surface area contributed by atoms with Crippen LogP contribution in [0.25, 0.3) is 22.2 Å². The molecule has 0 amide bonds. The Kier molecular flexibility index (Phi) is 5.74. The van der Waals surface area contributed by atoms with Crippen molar-refractivity contribution in [3.63, 3.8) is 0 Å². The molecule has 1 unspecified atom stereocenters. The Morgan fingerprint density at radius 2 is 1.80 bits per heavy atom. The van der Waals surface area contributed by atoms with Crippen LogP contribution in [0.1, 0.15) is 17.4 Å². The molecule has 5 rings (SSSR count). The minimum Gasteiger partial charge on any atom is -0.494 e. The normalized spacial score (nSPS) is 12.0. The molecule has 0 fully saturated rings. The van der Waals surface area contributed by atoms with Gasteiger partial charge in [0.1, 0.15) is 17.7 Å². The van der Waals surface area contributed by atoms with Gasteiger partial charge < -0.3 is 15.8 Å². The Balaban J connectivity index is 1.64. The number of halogens is 2. The predicted octanol–water partition coefficient (Wildman–Crippen LogP) is 5.10. The van der Waals surface area contributed by atoms with Crippen LogP contribution in [0.3, 0.4) is 0 Å². The molecule has 3 aromatic carbocycles. The summed E-state index contributed by atoms with van der Waals surface area (Å²) in [6.45, 7) is 0. The molecule has 2 heterocycles. The molecule has 5 aromatic rings. The van der Waals surface area contributed by atoms with Gasteiger partial charge >= 0.3 is 0 Å². The highest BCUT2D eigenvalue weighted by atomic mass is 19.1. The maximum absolute atomic E-state index is 15.2. The van der Waals surface area contributed by atoms with Crippen molar-refractivity contribution in [3.8, 4) is 17.1 Å². The van der Waals surface area contributed by atoms with Gasteiger partial charge in [0.15, 0.2) is 23.2 Å². The number of nitrogens with one attached hydrogen (secondary N) is 1. The number of nitrogens with zero attached hydrogens (tertiary/aromatic N) is 4. The SMILES string of the molecule is COc1cc(C(Nc2ccc3c(N)nccc3c2)c2nc(-c3ccccc3)nn2C)c(F)cc1F. The number of nitrogens with two attached hydrogens (primary N) is 1. The molecular formula is C26H22F2N6O. The van der Waals surface area contributed by atoms with Crippen LogP contribution in [0.5, 0.6) is 5.75 Å². The van der Waals surface area contributed by atoms with Crippen LogP contribution in [0.4, 0.5) is 20.3 Å². The highest BCUT2D eigenvalue weighted by Crippen LogP contribution is 2.33. The summed E-state index contributed by atoms with van der Waals surface area (Å²) in [6.07, 6.45) is 1.62. The molecule has 0 saturated heterocycles. The second-order valence-electron chi connectivity index (χ2n) is 8.00. The number of fused-ring (bicyclic) bond motifs is 1. The number of nitrogen functional groups attached to an aromatic ring is 1. The molecule has 3 N–H and O–H groups in total. The number of benzene rings is 3. The first-order valence-corrected chi connectivity index (χ1v) is 10.8. The molecule has 0 aliphatic heterocycles. The van der Waals surface area contributed by atoms with Gasteiger partial charge in [0.05, 0.1) is 7.11 Å². The number of pyridine rings is 1. The van der Waals surface area contributed by atoms with E-state index in [1.165, 1.54) is 13.2 Å². The van der Waals surface area contributed by atoms with Crippen molar-refractivity contribution in [1.29, 1.82) is 0 Å². The van der Waals surface area contributed by atoms with Gasteiger partial charge in [-0.05, 0) is 35.7 Å². The lowest BCUT2D eigenvalue weighted by Gasteiger charge is -2.21. The summed E-state index contributed by atoms with van der Waals surface area (Å²) in [7, 11) is 3.06. The quantitative estimate of drug-likeness (QED) is 0.357. The number of anilines is 2. The average molecular weight is 472 g/mol. The maximum Gasteiger partial charge on any atom is 0.181 e. The first-order chi connectivity index (χ1) is 16.9. The molecule has 176 valence electrons. The second kappa shape index (κ2) is 9.02. The fourth-order valence-electron chi connectivity index (χ4n) is 4.02. The Labute approximate surface area is 200 Å². The number of hydrogen-bond acceptors (Lipinski definition) is 6. The average Bonchev–Trinajstić information content (AvgIpc) is 3.25. The largest absolute Gasteiger partial charge is 0.494 e. The van der Waals surface area contributed by atoms with Crippen molar-refractivity contribution in [2.75, 3.05) is 18.2 Å². The monoisotopic (exact) mass is 472 g/mol. The van der Waals surface area contributed by atoms with Gasteiger partial charge in [-0.3, -0.25) is 4.68 Å². The lowest BCUT2D eigenvalue weighted by molar-refractivity contribution is 0.382. The minimum atomic E-state index is -0.809. The molecule has 7 nitrogen and oxygen atoms in total. The third-order valence-corrected chi connectivity index (χ3v) is 5.78. The molecule has 9 heteroatoms. The first kappa shape index (κ1) is 22.3. The Morgan fingerprint density at radius 1 is 1.00 bits per heavy atom. The summed E-state index contributed by atoms with van der Waals surface area (Å²) in [6, 6.07) is 18.2. The van der Waals surface area contributed by atoms with E-state index in [1.807, 2.05) is 54.6 Å².